The highest BCUT2D eigenvalue weighted by Crippen LogP contribution is 2.40. The fourth-order valence-electron chi connectivity index (χ4n) is 2.87. The Labute approximate surface area is 171 Å². The van der Waals surface area contributed by atoms with Crippen LogP contribution < -0.4 is 19.5 Å². The van der Waals surface area contributed by atoms with E-state index in [1.807, 2.05) is 24.3 Å². The lowest BCUT2D eigenvalue weighted by Gasteiger charge is -2.22. The molecule has 8 heteroatoms. The van der Waals surface area contributed by atoms with Crippen LogP contribution in [0.3, 0.4) is 0 Å². The third kappa shape index (κ3) is 4.56. The smallest absolute Gasteiger partial charge is 0.307 e. The third-order valence-electron chi connectivity index (χ3n) is 4.25. The first-order chi connectivity index (χ1) is 13.5. The normalized spacial score (nSPS) is 13.4. The van der Waals surface area contributed by atoms with Crippen molar-refractivity contribution in [3.63, 3.8) is 0 Å². The second-order valence-corrected chi connectivity index (χ2v) is 6.98. The Kier molecular flexibility index (Phi) is 6.41. The van der Waals surface area contributed by atoms with Crippen LogP contribution >= 0.6 is 15.9 Å². The number of hydrogen-bond donors (Lipinski definition) is 1. The van der Waals surface area contributed by atoms with Crippen LogP contribution in [0.5, 0.6) is 17.2 Å². The summed E-state index contributed by atoms with van der Waals surface area (Å²) in [5.41, 5.74) is 1.11. The van der Waals surface area contributed by atoms with Crippen molar-refractivity contribution in [3.8, 4) is 17.2 Å². The molecule has 1 heterocycles. The van der Waals surface area contributed by atoms with Crippen molar-refractivity contribution in [2.75, 3.05) is 27.4 Å². The van der Waals surface area contributed by atoms with E-state index in [-0.39, 0.29) is 12.3 Å². The van der Waals surface area contributed by atoms with Crippen molar-refractivity contribution in [3.05, 3.63) is 52.0 Å². The van der Waals surface area contributed by atoms with E-state index in [9.17, 15) is 9.59 Å². The largest absolute Gasteiger partial charge is 0.493 e. The first kappa shape index (κ1) is 20.0. The number of rotatable bonds is 6. The van der Waals surface area contributed by atoms with E-state index in [1.54, 1.807) is 12.1 Å². The predicted octanol–water partition coefficient (Wildman–Crippen LogP) is 3.26. The molecular weight excluding hydrogens is 430 g/mol. The molecule has 0 bridgehead atoms. The van der Waals surface area contributed by atoms with Crippen molar-refractivity contribution in [1.82, 2.24) is 5.32 Å². The van der Waals surface area contributed by atoms with Gasteiger partial charge in [-0.2, -0.15) is 0 Å². The first-order valence-corrected chi connectivity index (χ1v) is 9.42. The summed E-state index contributed by atoms with van der Waals surface area (Å²) in [4.78, 5) is 24.8. The van der Waals surface area contributed by atoms with Gasteiger partial charge in [0.1, 0.15) is 13.2 Å². The molecule has 28 heavy (non-hydrogen) atoms. The molecule has 0 aliphatic carbocycles. The minimum Gasteiger partial charge on any atom is -0.493 e. The predicted molar refractivity (Wildman–Crippen MR) is 105 cm³/mol. The molecular formula is C20H20BrNO6. The molecule has 0 radical (unpaired) electrons. The highest BCUT2D eigenvalue weighted by atomic mass is 79.9. The van der Waals surface area contributed by atoms with E-state index in [4.69, 9.17) is 18.9 Å². The molecule has 0 saturated carbocycles. The van der Waals surface area contributed by atoms with Crippen LogP contribution in [0.25, 0.3) is 0 Å². The van der Waals surface area contributed by atoms with Gasteiger partial charge in [-0.3, -0.25) is 9.59 Å². The molecule has 3 rings (SSSR count). The maximum atomic E-state index is 12.9. The molecule has 0 aromatic heterocycles. The zero-order chi connectivity index (χ0) is 20.1. The van der Waals surface area contributed by atoms with Gasteiger partial charge in [-0.1, -0.05) is 28.1 Å². The van der Waals surface area contributed by atoms with Gasteiger partial charge in [0, 0.05) is 10.0 Å². The van der Waals surface area contributed by atoms with Crippen molar-refractivity contribution in [2.45, 2.75) is 12.5 Å². The van der Waals surface area contributed by atoms with E-state index in [2.05, 4.69) is 21.2 Å². The number of amides is 1. The number of nitrogens with one attached hydrogen (secondary N) is 1. The fraction of sp³-hybridized carbons (Fsp3) is 0.300. The zero-order valence-electron chi connectivity index (χ0n) is 15.5. The van der Waals surface area contributed by atoms with Gasteiger partial charge >= 0.3 is 5.97 Å². The van der Waals surface area contributed by atoms with Crippen molar-refractivity contribution in [1.29, 1.82) is 0 Å². The average Bonchev–Trinajstić information content (AvgIpc) is 2.72. The van der Waals surface area contributed by atoms with Crippen LogP contribution in [0.2, 0.25) is 0 Å². The number of ether oxygens (including phenoxy) is 4. The Morgan fingerprint density at radius 2 is 1.96 bits per heavy atom. The number of halogens is 1. The van der Waals surface area contributed by atoms with Crippen LogP contribution in [0.4, 0.5) is 0 Å². The Morgan fingerprint density at radius 1 is 1.18 bits per heavy atom. The summed E-state index contributed by atoms with van der Waals surface area (Å²) in [7, 11) is 2.81. The molecule has 1 aliphatic heterocycles. The lowest BCUT2D eigenvalue weighted by Crippen LogP contribution is -2.30. The van der Waals surface area contributed by atoms with Gasteiger partial charge in [0.15, 0.2) is 11.5 Å². The Morgan fingerprint density at radius 3 is 2.68 bits per heavy atom. The quantitative estimate of drug-likeness (QED) is 0.681. The van der Waals surface area contributed by atoms with E-state index in [1.165, 1.54) is 14.2 Å². The van der Waals surface area contributed by atoms with E-state index < -0.39 is 12.0 Å². The fourth-order valence-corrected chi connectivity index (χ4v) is 3.29. The van der Waals surface area contributed by atoms with E-state index in [0.29, 0.717) is 36.0 Å². The molecule has 0 saturated heterocycles. The molecule has 148 valence electrons. The maximum absolute atomic E-state index is 12.9. The molecule has 0 fully saturated rings. The average molecular weight is 450 g/mol. The molecule has 1 unspecified atom stereocenters. The monoisotopic (exact) mass is 449 g/mol. The summed E-state index contributed by atoms with van der Waals surface area (Å²) in [6.07, 6.45) is 0.000377. The lowest BCUT2D eigenvalue weighted by atomic mass is 10.0. The number of methoxy groups -OCH3 is 2. The standard InChI is InChI=1S/C20H20BrNO6/c1-25-16-9-13(10-17-19(16)28-7-6-27-17)20(24)22-15(11-18(23)26-2)12-4-3-5-14(21)8-12/h3-5,8-10,15H,6-7,11H2,1-2H3,(H,22,24). The molecule has 0 spiro atoms. The molecule has 1 amide bonds. The Bertz CT molecular complexity index is 868. The summed E-state index contributed by atoms with van der Waals surface area (Å²) in [6.45, 7) is 0.809. The SMILES string of the molecule is COC(=O)CC(NC(=O)c1cc(OC)c2c(c1)OCCO2)c1cccc(Br)c1. The maximum Gasteiger partial charge on any atom is 0.307 e. The topological polar surface area (TPSA) is 83.1 Å². The molecule has 1 N–H and O–H groups in total. The van der Waals surface area contributed by atoms with Gasteiger partial charge in [0.2, 0.25) is 5.75 Å². The van der Waals surface area contributed by atoms with Gasteiger partial charge in [-0.25, -0.2) is 0 Å². The summed E-state index contributed by atoms with van der Waals surface area (Å²) < 4.78 is 22.1. The number of fused-ring (bicyclic) bond motifs is 1. The summed E-state index contributed by atoms with van der Waals surface area (Å²) in [6, 6.07) is 10.0. The van der Waals surface area contributed by atoms with Crippen LogP contribution in [-0.4, -0.2) is 39.3 Å². The van der Waals surface area contributed by atoms with Gasteiger partial charge in [0.05, 0.1) is 26.7 Å². The number of benzene rings is 2. The summed E-state index contributed by atoms with van der Waals surface area (Å²) in [5.74, 6) is 0.537. The van der Waals surface area contributed by atoms with Crippen molar-refractivity contribution >= 4 is 27.8 Å². The van der Waals surface area contributed by atoms with Crippen LogP contribution in [0.1, 0.15) is 28.4 Å². The number of carbonyl (C=O) groups excluding carboxylic acids is 2. The minimum absolute atomic E-state index is 0.000377. The number of hydrogen-bond acceptors (Lipinski definition) is 6. The molecule has 2 aromatic carbocycles. The third-order valence-corrected chi connectivity index (χ3v) is 4.74. The minimum atomic E-state index is -0.559. The summed E-state index contributed by atoms with van der Waals surface area (Å²) >= 11 is 3.41. The Balaban J connectivity index is 1.88. The molecule has 1 atom stereocenters. The molecule has 1 aliphatic rings. The van der Waals surface area contributed by atoms with E-state index in [0.717, 1.165) is 10.0 Å². The van der Waals surface area contributed by atoms with Gasteiger partial charge in [-0.05, 0) is 29.8 Å². The van der Waals surface area contributed by atoms with Crippen LogP contribution in [0, 0.1) is 0 Å². The number of esters is 1. The molecule has 7 nitrogen and oxygen atoms in total. The van der Waals surface area contributed by atoms with Gasteiger partial charge in [-0.15, -0.1) is 0 Å². The van der Waals surface area contributed by atoms with Gasteiger partial charge in [0.25, 0.3) is 5.91 Å². The first-order valence-electron chi connectivity index (χ1n) is 8.62. The van der Waals surface area contributed by atoms with Crippen molar-refractivity contribution in [2.24, 2.45) is 0 Å². The second-order valence-electron chi connectivity index (χ2n) is 6.06. The second kappa shape index (κ2) is 8.97. The highest BCUT2D eigenvalue weighted by Gasteiger charge is 2.24. The highest BCUT2D eigenvalue weighted by molar-refractivity contribution is 9.10. The van der Waals surface area contributed by atoms with E-state index >= 15 is 0 Å². The zero-order valence-corrected chi connectivity index (χ0v) is 17.1. The number of carbonyl (C=O) groups is 2. The van der Waals surface area contributed by atoms with Gasteiger partial charge < -0.3 is 24.3 Å². The van der Waals surface area contributed by atoms with Crippen molar-refractivity contribution < 1.29 is 28.5 Å². The Hall–Kier alpha value is -2.74. The lowest BCUT2D eigenvalue weighted by molar-refractivity contribution is -0.141. The summed E-state index contributed by atoms with van der Waals surface area (Å²) in [5, 5.41) is 2.89. The molecule has 2 aromatic rings. The van der Waals surface area contributed by atoms with Crippen LogP contribution in [-0.2, 0) is 9.53 Å². The van der Waals surface area contributed by atoms with Crippen LogP contribution in [0.15, 0.2) is 40.9 Å².